The quantitative estimate of drug-likeness (QED) is 0.600. The molecule has 0 saturated carbocycles. The summed E-state index contributed by atoms with van der Waals surface area (Å²) in [6, 6.07) is 3.94. The highest BCUT2D eigenvalue weighted by molar-refractivity contribution is 6.03. The Morgan fingerprint density at radius 2 is 1.57 bits per heavy atom. The first kappa shape index (κ1) is 18.7. The number of aliphatic carboxylic acids is 1. The van der Waals surface area contributed by atoms with E-state index in [0.717, 1.165) is 12.8 Å². The number of aromatic carboxylic acids is 2. The molecule has 0 aliphatic heterocycles. The Hall–Kier alpha value is -2.37. The number of carbonyl (C=O) groups is 3. The van der Waals surface area contributed by atoms with Gasteiger partial charge in [-0.2, -0.15) is 0 Å². The van der Waals surface area contributed by atoms with Gasteiger partial charge >= 0.3 is 17.9 Å². The Kier molecular flexibility index (Phi) is 6.75. The zero-order valence-electron chi connectivity index (χ0n) is 13.3. The minimum absolute atomic E-state index is 0.0504. The molecule has 6 nitrogen and oxygen atoms in total. The summed E-state index contributed by atoms with van der Waals surface area (Å²) in [7, 11) is 0. The van der Waals surface area contributed by atoms with Crippen molar-refractivity contribution < 1.29 is 29.7 Å². The summed E-state index contributed by atoms with van der Waals surface area (Å²) >= 11 is 0. The van der Waals surface area contributed by atoms with Crippen LogP contribution in [0.1, 0.15) is 71.7 Å². The Labute approximate surface area is 134 Å². The standard InChI is InChI=1S/C17H22O6/c1-10(2)6-3-4-7-12(15(18)19)11-8-5-9-13(16(20)21)14(11)17(22)23/h5,8-10,12H,3-4,6-7H2,1-2H3,(H,18,19)(H,20,21)(H,22,23). The maximum atomic E-state index is 11.5. The van der Waals surface area contributed by atoms with Crippen LogP contribution in [0.5, 0.6) is 0 Å². The van der Waals surface area contributed by atoms with Gasteiger partial charge in [-0.15, -0.1) is 0 Å². The lowest BCUT2D eigenvalue weighted by molar-refractivity contribution is -0.139. The molecule has 0 amide bonds. The molecule has 6 heteroatoms. The van der Waals surface area contributed by atoms with Gasteiger partial charge in [0.25, 0.3) is 0 Å². The Balaban J connectivity index is 3.12. The van der Waals surface area contributed by atoms with E-state index < -0.39 is 29.4 Å². The number of rotatable bonds is 9. The van der Waals surface area contributed by atoms with E-state index >= 15 is 0 Å². The fourth-order valence-corrected chi connectivity index (χ4v) is 2.59. The minimum atomic E-state index is -1.42. The average Bonchev–Trinajstić information content (AvgIpc) is 2.45. The van der Waals surface area contributed by atoms with Gasteiger partial charge in [0.05, 0.1) is 17.0 Å². The Morgan fingerprint density at radius 1 is 0.957 bits per heavy atom. The molecule has 0 aliphatic carbocycles. The molecule has 1 atom stereocenters. The third-order valence-corrected chi connectivity index (χ3v) is 3.74. The maximum absolute atomic E-state index is 11.5. The summed E-state index contributed by atoms with van der Waals surface area (Å²) in [5, 5.41) is 27.9. The highest BCUT2D eigenvalue weighted by Gasteiger charge is 2.28. The van der Waals surface area contributed by atoms with Crippen molar-refractivity contribution in [3.63, 3.8) is 0 Å². The van der Waals surface area contributed by atoms with Crippen LogP contribution in [0.3, 0.4) is 0 Å². The molecule has 0 bridgehead atoms. The molecule has 1 aromatic carbocycles. The van der Waals surface area contributed by atoms with Gasteiger partial charge in [-0.05, 0) is 24.0 Å². The Morgan fingerprint density at radius 3 is 2.04 bits per heavy atom. The molecule has 1 unspecified atom stereocenters. The van der Waals surface area contributed by atoms with E-state index in [9.17, 15) is 24.6 Å². The van der Waals surface area contributed by atoms with E-state index in [1.165, 1.54) is 18.2 Å². The van der Waals surface area contributed by atoms with Crippen LogP contribution in [-0.2, 0) is 4.79 Å². The molecule has 126 valence electrons. The van der Waals surface area contributed by atoms with Gasteiger partial charge < -0.3 is 15.3 Å². The molecular formula is C17H22O6. The largest absolute Gasteiger partial charge is 0.481 e. The predicted molar refractivity (Wildman–Crippen MR) is 84.0 cm³/mol. The maximum Gasteiger partial charge on any atom is 0.336 e. The number of carboxylic acids is 3. The zero-order valence-corrected chi connectivity index (χ0v) is 13.3. The van der Waals surface area contributed by atoms with E-state index in [-0.39, 0.29) is 17.5 Å². The number of hydrogen-bond donors (Lipinski definition) is 3. The predicted octanol–water partition coefficient (Wildman–Crippen LogP) is 3.47. The van der Waals surface area contributed by atoms with Crippen LogP contribution in [0.25, 0.3) is 0 Å². The van der Waals surface area contributed by atoms with Crippen molar-refractivity contribution in [2.45, 2.75) is 45.4 Å². The molecule has 3 N–H and O–H groups in total. The zero-order chi connectivity index (χ0) is 17.6. The smallest absolute Gasteiger partial charge is 0.336 e. The third kappa shape index (κ3) is 5.09. The summed E-state index contributed by atoms with van der Waals surface area (Å²) in [6.45, 7) is 4.15. The van der Waals surface area contributed by atoms with E-state index in [2.05, 4.69) is 13.8 Å². The van der Waals surface area contributed by atoms with Crippen molar-refractivity contribution in [1.29, 1.82) is 0 Å². The van der Waals surface area contributed by atoms with Gasteiger partial charge in [-0.1, -0.05) is 45.2 Å². The van der Waals surface area contributed by atoms with E-state index in [0.29, 0.717) is 12.3 Å². The second-order valence-electron chi connectivity index (χ2n) is 5.95. The molecule has 1 aromatic rings. The molecule has 0 aliphatic rings. The normalized spacial score (nSPS) is 12.1. The second kappa shape index (κ2) is 8.31. The van der Waals surface area contributed by atoms with Crippen LogP contribution >= 0.6 is 0 Å². The van der Waals surface area contributed by atoms with Gasteiger partial charge in [0.15, 0.2) is 0 Å². The van der Waals surface area contributed by atoms with E-state index in [4.69, 9.17) is 5.11 Å². The average molecular weight is 322 g/mol. The van der Waals surface area contributed by atoms with Gasteiger partial charge in [0.2, 0.25) is 0 Å². The lowest BCUT2D eigenvalue weighted by atomic mass is 9.87. The topological polar surface area (TPSA) is 112 Å². The Bertz CT molecular complexity index is 591. The van der Waals surface area contributed by atoms with Crippen LogP contribution in [0, 0.1) is 5.92 Å². The van der Waals surface area contributed by atoms with Crippen molar-refractivity contribution in [2.75, 3.05) is 0 Å². The van der Waals surface area contributed by atoms with Crippen molar-refractivity contribution in [1.82, 2.24) is 0 Å². The minimum Gasteiger partial charge on any atom is -0.481 e. The molecular weight excluding hydrogens is 300 g/mol. The van der Waals surface area contributed by atoms with Crippen LogP contribution in [0.15, 0.2) is 18.2 Å². The van der Waals surface area contributed by atoms with Gasteiger partial charge in [-0.3, -0.25) is 4.79 Å². The molecule has 0 spiro atoms. The first-order chi connectivity index (χ1) is 10.8. The number of benzene rings is 1. The SMILES string of the molecule is CC(C)CCCCC(C(=O)O)c1cccc(C(=O)O)c1C(=O)O. The fraction of sp³-hybridized carbons (Fsp3) is 0.471. The summed E-state index contributed by atoms with van der Waals surface area (Å²) in [5.74, 6) is -4.45. The molecule has 0 heterocycles. The first-order valence-electron chi connectivity index (χ1n) is 7.58. The van der Waals surface area contributed by atoms with Crippen LogP contribution in [0.2, 0.25) is 0 Å². The van der Waals surface area contributed by atoms with Crippen molar-refractivity contribution in [3.8, 4) is 0 Å². The molecule has 1 rings (SSSR count). The highest BCUT2D eigenvalue weighted by atomic mass is 16.4. The van der Waals surface area contributed by atoms with Crippen LogP contribution < -0.4 is 0 Å². The van der Waals surface area contributed by atoms with Gasteiger partial charge in [-0.25, -0.2) is 9.59 Å². The van der Waals surface area contributed by atoms with Gasteiger partial charge in [0.1, 0.15) is 0 Å². The fourth-order valence-electron chi connectivity index (χ4n) is 2.59. The van der Waals surface area contributed by atoms with Crippen molar-refractivity contribution in [3.05, 3.63) is 34.9 Å². The highest BCUT2D eigenvalue weighted by Crippen LogP contribution is 2.29. The van der Waals surface area contributed by atoms with Crippen LogP contribution in [-0.4, -0.2) is 33.2 Å². The molecule has 0 saturated heterocycles. The molecule has 0 fully saturated rings. The van der Waals surface area contributed by atoms with E-state index in [1.54, 1.807) is 0 Å². The number of hydrogen-bond acceptors (Lipinski definition) is 3. The lowest BCUT2D eigenvalue weighted by Crippen LogP contribution is -2.19. The number of unbranched alkanes of at least 4 members (excludes halogenated alkanes) is 1. The van der Waals surface area contributed by atoms with Crippen LogP contribution in [0.4, 0.5) is 0 Å². The third-order valence-electron chi connectivity index (χ3n) is 3.74. The summed E-state index contributed by atoms with van der Waals surface area (Å²) in [6.07, 6.45) is 2.74. The molecule has 0 radical (unpaired) electrons. The first-order valence-corrected chi connectivity index (χ1v) is 7.58. The molecule has 23 heavy (non-hydrogen) atoms. The second-order valence-corrected chi connectivity index (χ2v) is 5.95. The monoisotopic (exact) mass is 322 g/mol. The van der Waals surface area contributed by atoms with E-state index in [1.807, 2.05) is 0 Å². The molecule has 0 aromatic heterocycles. The number of carboxylic acid groups (broad SMARTS) is 3. The summed E-state index contributed by atoms with van der Waals surface area (Å²) < 4.78 is 0. The van der Waals surface area contributed by atoms with Gasteiger partial charge in [0, 0.05) is 0 Å². The summed E-state index contributed by atoms with van der Waals surface area (Å²) in [4.78, 5) is 34.2. The van der Waals surface area contributed by atoms with Crippen molar-refractivity contribution in [2.24, 2.45) is 5.92 Å². The lowest BCUT2D eigenvalue weighted by Gasteiger charge is -2.17. The summed E-state index contributed by atoms with van der Waals surface area (Å²) in [5.41, 5.74) is -0.769. The van der Waals surface area contributed by atoms with Crippen molar-refractivity contribution >= 4 is 17.9 Å².